The lowest BCUT2D eigenvalue weighted by molar-refractivity contribution is 0.102. The summed E-state index contributed by atoms with van der Waals surface area (Å²) in [5.74, 6) is 0.0272. The SMILES string of the molecule is O=C(Nc1nn[nH]n1)c1cncc(NCCCO)n1. The number of nitrogens with zero attached hydrogens (tertiary/aromatic N) is 5. The number of amides is 1. The normalized spacial score (nSPS) is 10.2. The van der Waals surface area contributed by atoms with Crippen molar-refractivity contribution >= 4 is 17.7 Å². The molecule has 10 nitrogen and oxygen atoms in total. The van der Waals surface area contributed by atoms with E-state index >= 15 is 0 Å². The van der Waals surface area contributed by atoms with Gasteiger partial charge in [0.15, 0.2) is 0 Å². The Morgan fingerprint density at radius 3 is 3.05 bits per heavy atom. The molecule has 0 bridgehead atoms. The molecule has 2 aromatic rings. The van der Waals surface area contributed by atoms with E-state index in [2.05, 4.69) is 41.2 Å². The lowest BCUT2D eigenvalue weighted by atomic mass is 10.4. The van der Waals surface area contributed by atoms with Crippen LogP contribution in [0, 0.1) is 0 Å². The summed E-state index contributed by atoms with van der Waals surface area (Å²) in [6.45, 7) is 0.625. The Balaban J connectivity index is 1.99. The molecule has 0 saturated carbocycles. The number of aromatic amines is 1. The lowest BCUT2D eigenvalue weighted by Crippen LogP contribution is -2.16. The number of aromatic nitrogens is 6. The molecule has 2 aromatic heterocycles. The van der Waals surface area contributed by atoms with Gasteiger partial charge in [-0.3, -0.25) is 15.1 Å². The van der Waals surface area contributed by atoms with Crippen LogP contribution in [0.4, 0.5) is 11.8 Å². The number of carbonyl (C=O) groups is 1. The summed E-state index contributed by atoms with van der Waals surface area (Å²) in [5, 5.41) is 26.7. The highest BCUT2D eigenvalue weighted by molar-refractivity contribution is 6.01. The van der Waals surface area contributed by atoms with Crippen LogP contribution in [-0.2, 0) is 0 Å². The molecule has 100 valence electrons. The molecule has 0 fully saturated rings. The quantitative estimate of drug-likeness (QED) is 0.488. The smallest absolute Gasteiger partial charge is 0.278 e. The Bertz CT molecular complexity index is 529. The third-order valence-corrected chi connectivity index (χ3v) is 2.08. The molecule has 19 heavy (non-hydrogen) atoms. The highest BCUT2D eigenvalue weighted by Crippen LogP contribution is 2.04. The van der Waals surface area contributed by atoms with Crippen molar-refractivity contribution in [3.63, 3.8) is 0 Å². The third kappa shape index (κ3) is 3.67. The molecule has 4 N–H and O–H groups in total. The Hall–Kier alpha value is -2.62. The first-order valence-corrected chi connectivity index (χ1v) is 5.51. The van der Waals surface area contributed by atoms with Gasteiger partial charge in [-0.05, 0) is 11.6 Å². The molecule has 0 saturated heterocycles. The highest BCUT2D eigenvalue weighted by atomic mass is 16.3. The number of hydrogen-bond acceptors (Lipinski definition) is 8. The van der Waals surface area contributed by atoms with Crippen LogP contribution < -0.4 is 10.6 Å². The zero-order valence-electron chi connectivity index (χ0n) is 9.87. The van der Waals surface area contributed by atoms with Crippen molar-refractivity contribution in [3.8, 4) is 0 Å². The van der Waals surface area contributed by atoms with Crippen LogP contribution in [-0.4, -0.2) is 54.8 Å². The molecule has 2 heterocycles. The summed E-state index contributed by atoms with van der Waals surface area (Å²) in [5.41, 5.74) is 0.124. The van der Waals surface area contributed by atoms with E-state index in [4.69, 9.17) is 5.11 Å². The van der Waals surface area contributed by atoms with Crippen molar-refractivity contribution in [1.29, 1.82) is 0 Å². The van der Waals surface area contributed by atoms with Crippen molar-refractivity contribution < 1.29 is 9.90 Å². The number of aliphatic hydroxyl groups is 1. The number of anilines is 2. The van der Waals surface area contributed by atoms with Gasteiger partial charge in [0, 0.05) is 13.2 Å². The molecule has 0 atom stereocenters. The van der Waals surface area contributed by atoms with E-state index in [1.165, 1.54) is 12.4 Å². The molecule has 0 unspecified atom stereocenters. The van der Waals surface area contributed by atoms with Gasteiger partial charge in [0.1, 0.15) is 11.5 Å². The average molecular weight is 264 g/mol. The molecule has 0 radical (unpaired) electrons. The third-order valence-electron chi connectivity index (χ3n) is 2.08. The second kappa shape index (κ2) is 6.35. The second-order valence-corrected chi connectivity index (χ2v) is 3.48. The molecular weight excluding hydrogens is 252 g/mol. The van der Waals surface area contributed by atoms with Crippen LogP contribution in [0.3, 0.4) is 0 Å². The summed E-state index contributed by atoms with van der Waals surface area (Å²) in [6.07, 6.45) is 3.40. The maximum atomic E-state index is 11.8. The van der Waals surface area contributed by atoms with Crippen LogP contribution in [0.2, 0.25) is 0 Å². The highest BCUT2D eigenvalue weighted by Gasteiger charge is 2.11. The topological polar surface area (TPSA) is 142 Å². The van der Waals surface area contributed by atoms with Crippen molar-refractivity contribution in [2.24, 2.45) is 0 Å². The monoisotopic (exact) mass is 264 g/mol. The van der Waals surface area contributed by atoms with Gasteiger partial charge in [-0.25, -0.2) is 4.98 Å². The zero-order valence-corrected chi connectivity index (χ0v) is 9.87. The van der Waals surface area contributed by atoms with E-state index in [1.807, 2.05) is 0 Å². The summed E-state index contributed by atoms with van der Waals surface area (Å²) in [6, 6.07) is 0. The van der Waals surface area contributed by atoms with Gasteiger partial charge in [-0.2, -0.15) is 5.21 Å². The first kappa shape index (κ1) is 12.8. The number of carbonyl (C=O) groups excluding carboxylic acids is 1. The number of aliphatic hydroxyl groups excluding tert-OH is 1. The molecule has 1 amide bonds. The summed E-state index contributed by atoms with van der Waals surface area (Å²) in [7, 11) is 0. The molecule has 0 aromatic carbocycles. The van der Waals surface area contributed by atoms with Crippen molar-refractivity contribution in [2.45, 2.75) is 6.42 Å². The van der Waals surface area contributed by atoms with Crippen LogP contribution in [0.25, 0.3) is 0 Å². The van der Waals surface area contributed by atoms with Crippen molar-refractivity contribution in [2.75, 3.05) is 23.8 Å². The molecule has 0 spiro atoms. The van der Waals surface area contributed by atoms with Crippen LogP contribution >= 0.6 is 0 Å². The van der Waals surface area contributed by atoms with E-state index in [1.54, 1.807) is 0 Å². The number of nitrogens with one attached hydrogen (secondary N) is 3. The minimum absolute atomic E-state index is 0.0606. The van der Waals surface area contributed by atoms with Crippen molar-refractivity contribution in [1.82, 2.24) is 30.6 Å². The molecule has 10 heteroatoms. The lowest BCUT2D eigenvalue weighted by Gasteiger charge is -2.05. The number of tetrazole rings is 1. The summed E-state index contributed by atoms with van der Waals surface area (Å²) < 4.78 is 0. The van der Waals surface area contributed by atoms with E-state index in [9.17, 15) is 4.79 Å². The van der Waals surface area contributed by atoms with E-state index < -0.39 is 5.91 Å². The van der Waals surface area contributed by atoms with E-state index in [0.29, 0.717) is 18.8 Å². The predicted octanol–water partition coefficient (Wildman–Crippen LogP) is -0.964. The standard InChI is InChI=1S/C9H12N8O2/c18-3-1-2-11-7-5-10-4-6(12-7)8(19)13-9-14-16-17-15-9/h4-5,18H,1-3H2,(H,11,12)(H2,13,14,15,16,17,19). The number of hydrogen-bond donors (Lipinski definition) is 4. The maximum Gasteiger partial charge on any atom is 0.278 e. The van der Waals surface area contributed by atoms with Gasteiger partial charge in [0.25, 0.3) is 11.9 Å². The second-order valence-electron chi connectivity index (χ2n) is 3.48. The van der Waals surface area contributed by atoms with Gasteiger partial charge in [0.05, 0.1) is 12.4 Å². The fourth-order valence-corrected chi connectivity index (χ4v) is 1.24. The summed E-state index contributed by atoms with van der Waals surface area (Å²) in [4.78, 5) is 19.8. The predicted molar refractivity (Wildman–Crippen MR) is 64.4 cm³/mol. The fourth-order valence-electron chi connectivity index (χ4n) is 1.24. The number of H-pyrrole nitrogens is 1. The first-order chi connectivity index (χ1) is 9.29. The largest absolute Gasteiger partial charge is 0.396 e. The van der Waals surface area contributed by atoms with Crippen LogP contribution in [0.15, 0.2) is 12.4 Å². The van der Waals surface area contributed by atoms with Gasteiger partial charge < -0.3 is 10.4 Å². The minimum Gasteiger partial charge on any atom is -0.396 e. The Morgan fingerprint density at radius 1 is 1.42 bits per heavy atom. The zero-order chi connectivity index (χ0) is 13.5. The van der Waals surface area contributed by atoms with E-state index in [0.717, 1.165) is 0 Å². The minimum atomic E-state index is -0.486. The van der Waals surface area contributed by atoms with Gasteiger partial charge in [-0.1, -0.05) is 5.10 Å². The Kier molecular flexibility index (Phi) is 4.29. The molecular formula is C9H12N8O2. The van der Waals surface area contributed by atoms with Gasteiger partial charge >= 0.3 is 0 Å². The van der Waals surface area contributed by atoms with Gasteiger partial charge in [-0.15, -0.1) is 5.10 Å². The van der Waals surface area contributed by atoms with Crippen LogP contribution in [0.1, 0.15) is 16.9 Å². The van der Waals surface area contributed by atoms with E-state index in [-0.39, 0.29) is 18.2 Å². The van der Waals surface area contributed by atoms with Gasteiger partial charge in [0.2, 0.25) is 0 Å². The van der Waals surface area contributed by atoms with Crippen LogP contribution in [0.5, 0.6) is 0 Å². The summed E-state index contributed by atoms with van der Waals surface area (Å²) >= 11 is 0. The average Bonchev–Trinajstić information content (AvgIpc) is 2.92. The molecule has 0 aliphatic heterocycles. The fraction of sp³-hybridized carbons (Fsp3) is 0.333. The number of rotatable bonds is 6. The maximum absolute atomic E-state index is 11.8. The van der Waals surface area contributed by atoms with Crippen molar-refractivity contribution in [3.05, 3.63) is 18.1 Å². The first-order valence-electron chi connectivity index (χ1n) is 5.51. The molecule has 0 aliphatic carbocycles. The Morgan fingerprint density at radius 2 is 2.32 bits per heavy atom. The molecule has 2 rings (SSSR count). The Labute approximate surface area is 107 Å². The molecule has 0 aliphatic rings.